The van der Waals surface area contributed by atoms with Gasteiger partial charge in [-0.1, -0.05) is 35.9 Å². The number of hydrogen-bond acceptors (Lipinski definition) is 3. The van der Waals surface area contributed by atoms with Crippen LogP contribution in [0.15, 0.2) is 59.5 Å². The molecule has 4 nitrogen and oxygen atoms in total. The zero-order chi connectivity index (χ0) is 14.3. The highest BCUT2D eigenvalue weighted by Gasteiger charge is 2.22. The van der Waals surface area contributed by atoms with Crippen molar-refractivity contribution in [1.29, 1.82) is 0 Å². The summed E-state index contributed by atoms with van der Waals surface area (Å²) in [6.07, 6.45) is 0. The van der Waals surface area contributed by atoms with E-state index in [1.54, 1.807) is 48.5 Å². The van der Waals surface area contributed by atoms with Crippen molar-refractivity contribution in [2.45, 2.75) is 11.8 Å². The fourth-order valence-electron chi connectivity index (χ4n) is 2.18. The molecule has 1 heterocycles. The minimum atomic E-state index is -3.80. The van der Waals surface area contributed by atoms with Gasteiger partial charge in [-0.2, -0.15) is 0 Å². The molecule has 0 unspecified atom stereocenters. The van der Waals surface area contributed by atoms with Gasteiger partial charge in [0.2, 0.25) is 5.88 Å². The molecule has 0 saturated carbocycles. The molecule has 20 heavy (non-hydrogen) atoms. The molecule has 0 bridgehead atoms. The van der Waals surface area contributed by atoms with E-state index in [2.05, 4.69) is 0 Å². The van der Waals surface area contributed by atoms with Crippen molar-refractivity contribution < 1.29 is 13.5 Å². The Morgan fingerprint density at radius 3 is 2.35 bits per heavy atom. The van der Waals surface area contributed by atoms with Crippen LogP contribution in [0.2, 0.25) is 0 Å². The quantitative estimate of drug-likeness (QED) is 0.788. The van der Waals surface area contributed by atoms with Gasteiger partial charge in [-0.3, -0.25) is 0 Å². The normalized spacial score (nSPS) is 11.8. The van der Waals surface area contributed by atoms with Crippen LogP contribution in [0.25, 0.3) is 10.9 Å². The van der Waals surface area contributed by atoms with Crippen molar-refractivity contribution >= 4 is 20.9 Å². The monoisotopic (exact) mass is 287 g/mol. The molecule has 0 saturated heterocycles. The van der Waals surface area contributed by atoms with E-state index in [1.807, 2.05) is 6.92 Å². The minimum Gasteiger partial charge on any atom is -0.494 e. The second-order valence-corrected chi connectivity index (χ2v) is 6.43. The topological polar surface area (TPSA) is 59.3 Å². The first-order valence-electron chi connectivity index (χ1n) is 6.12. The summed E-state index contributed by atoms with van der Waals surface area (Å²) in [4.78, 5) is 0.153. The summed E-state index contributed by atoms with van der Waals surface area (Å²) >= 11 is 0. The van der Waals surface area contributed by atoms with Crippen LogP contribution in [-0.2, 0) is 10.0 Å². The highest BCUT2D eigenvalue weighted by Crippen LogP contribution is 2.29. The molecule has 3 rings (SSSR count). The van der Waals surface area contributed by atoms with Crippen LogP contribution in [-0.4, -0.2) is 17.5 Å². The Bertz CT molecular complexity index is 877. The van der Waals surface area contributed by atoms with Crippen LogP contribution in [0, 0.1) is 6.92 Å². The van der Waals surface area contributed by atoms with Crippen molar-refractivity contribution in [1.82, 2.24) is 3.97 Å². The SMILES string of the molecule is Cc1ccc(S(=O)(=O)n2c(O)cc3ccccc32)cc1. The Hall–Kier alpha value is -2.27. The first-order valence-corrected chi connectivity index (χ1v) is 7.56. The highest BCUT2D eigenvalue weighted by molar-refractivity contribution is 7.90. The van der Waals surface area contributed by atoms with Crippen molar-refractivity contribution in [2.24, 2.45) is 0 Å². The van der Waals surface area contributed by atoms with Gasteiger partial charge in [0.1, 0.15) is 0 Å². The molecular weight excluding hydrogens is 274 g/mol. The summed E-state index contributed by atoms with van der Waals surface area (Å²) in [7, 11) is -3.80. The van der Waals surface area contributed by atoms with Gasteiger partial charge in [0.05, 0.1) is 10.4 Å². The number of hydrogen-bond donors (Lipinski definition) is 1. The van der Waals surface area contributed by atoms with E-state index in [1.165, 1.54) is 6.07 Å². The van der Waals surface area contributed by atoms with E-state index in [4.69, 9.17) is 0 Å². The van der Waals surface area contributed by atoms with Crippen LogP contribution in [0.4, 0.5) is 0 Å². The predicted octanol–water partition coefficient (Wildman–Crippen LogP) is 2.89. The lowest BCUT2D eigenvalue weighted by Crippen LogP contribution is -2.12. The molecule has 0 aliphatic heterocycles. The van der Waals surface area contributed by atoms with Crippen LogP contribution in [0.5, 0.6) is 5.88 Å². The summed E-state index contributed by atoms with van der Waals surface area (Å²) in [5.41, 5.74) is 1.44. The van der Waals surface area contributed by atoms with E-state index < -0.39 is 10.0 Å². The number of fused-ring (bicyclic) bond motifs is 1. The fraction of sp³-hybridized carbons (Fsp3) is 0.0667. The Kier molecular flexibility index (Phi) is 2.79. The second kappa shape index (κ2) is 4.38. The molecule has 102 valence electrons. The van der Waals surface area contributed by atoms with E-state index >= 15 is 0 Å². The van der Waals surface area contributed by atoms with Crippen molar-refractivity contribution in [2.75, 3.05) is 0 Å². The maximum atomic E-state index is 12.6. The third-order valence-corrected chi connectivity index (χ3v) is 4.94. The number of para-hydroxylation sites is 1. The van der Waals surface area contributed by atoms with E-state index in [9.17, 15) is 13.5 Å². The van der Waals surface area contributed by atoms with Gasteiger partial charge < -0.3 is 5.11 Å². The third-order valence-electron chi connectivity index (χ3n) is 3.21. The van der Waals surface area contributed by atoms with Gasteiger partial charge in [-0.15, -0.1) is 0 Å². The molecule has 0 spiro atoms. The second-order valence-electron chi connectivity index (χ2n) is 4.64. The molecule has 1 N–H and O–H groups in total. The molecule has 0 aliphatic rings. The number of aryl methyl sites for hydroxylation is 1. The molecular formula is C15H13NO3S. The smallest absolute Gasteiger partial charge is 0.271 e. The van der Waals surface area contributed by atoms with Crippen LogP contribution < -0.4 is 0 Å². The number of nitrogens with zero attached hydrogens (tertiary/aromatic N) is 1. The average Bonchev–Trinajstić information content (AvgIpc) is 2.75. The molecule has 2 aromatic carbocycles. The summed E-state index contributed by atoms with van der Waals surface area (Å²) in [5, 5.41) is 10.7. The summed E-state index contributed by atoms with van der Waals surface area (Å²) in [5.74, 6) is -0.285. The molecule has 5 heteroatoms. The summed E-state index contributed by atoms with van der Waals surface area (Å²) in [6.45, 7) is 1.89. The lowest BCUT2D eigenvalue weighted by molar-refractivity contribution is 0.447. The zero-order valence-electron chi connectivity index (χ0n) is 10.8. The maximum Gasteiger partial charge on any atom is 0.271 e. The Morgan fingerprint density at radius 1 is 1.00 bits per heavy atom. The molecule has 0 aliphatic carbocycles. The lowest BCUT2D eigenvalue weighted by atomic mass is 10.2. The van der Waals surface area contributed by atoms with Crippen molar-refractivity contribution in [3.05, 3.63) is 60.2 Å². The Morgan fingerprint density at radius 2 is 1.65 bits per heavy atom. The van der Waals surface area contributed by atoms with Crippen molar-refractivity contribution in [3.8, 4) is 5.88 Å². The van der Waals surface area contributed by atoms with Crippen LogP contribution in [0.3, 0.4) is 0 Å². The highest BCUT2D eigenvalue weighted by atomic mass is 32.2. The lowest BCUT2D eigenvalue weighted by Gasteiger charge is -2.09. The van der Waals surface area contributed by atoms with Gasteiger partial charge in [0, 0.05) is 11.5 Å². The molecule has 0 fully saturated rings. The third kappa shape index (κ3) is 1.87. The van der Waals surface area contributed by atoms with Crippen LogP contribution >= 0.6 is 0 Å². The summed E-state index contributed by atoms with van der Waals surface area (Å²) < 4.78 is 26.3. The first kappa shape index (κ1) is 12.7. The number of aromatic nitrogens is 1. The Labute approximate surface area is 117 Å². The van der Waals surface area contributed by atoms with Gasteiger partial charge in [-0.05, 0) is 25.1 Å². The molecule has 1 aromatic heterocycles. The van der Waals surface area contributed by atoms with E-state index in [-0.39, 0.29) is 10.8 Å². The van der Waals surface area contributed by atoms with Gasteiger partial charge in [-0.25, -0.2) is 12.4 Å². The van der Waals surface area contributed by atoms with Crippen LogP contribution in [0.1, 0.15) is 5.56 Å². The van der Waals surface area contributed by atoms with Gasteiger partial charge in [0.25, 0.3) is 10.0 Å². The number of aromatic hydroxyl groups is 1. The van der Waals surface area contributed by atoms with E-state index in [0.717, 1.165) is 9.54 Å². The first-order chi connectivity index (χ1) is 9.50. The molecule has 0 atom stereocenters. The predicted molar refractivity (Wildman–Crippen MR) is 77.4 cm³/mol. The molecule has 0 amide bonds. The van der Waals surface area contributed by atoms with Crippen molar-refractivity contribution in [3.63, 3.8) is 0 Å². The number of benzene rings is 2. The Balaban J connectivity index is 2.29. The fourth-order valence-corrected chi connectivity index (χ4v) is 3.60. The minimum absolute atomic E-state index is 0.153. The standard InChI is InChI=1S/C15H13NO3S/c1-11-6-8-13(9-7-11)20(18,19)16-14-5-3-2-4-12(14)10-15(16)17/h2-10,17H,1H3. The van der Waals surface area contributed by atoms with Gasteiger partial charge >= 0.3 is 0 Å². The number of rotatable bonds is 2. The average molecular weight is 287 g/mol. The maximum absolute atomic E-state index is 12.6. The molecule has 0 radical (unpaired) electrons. The molecule has 3 aromatic rings. The summed E-state index contributed by atoms with van der Waals surface area (Å²) in [6, 6.07) is 15.0. The van der Waals surface area contributed by atoms with E-state index in [0.29, 0.717) is 10.9 Å². The zero-order valence-corrected chi connectivity index (χ0v) is 11.6. The largest absolute Gasteiger partial charge is 0.494 e. The van der Waals surface area contributed by atoms with Gasteiger partial charge in [0.15, 0.2) is 0 Å².